The van der Waals surface area contributed by atoms with Gasteiger partial charge in [-0.05, 0) is 12.1 Å². The number of methoxy groups -OCH3 is 2. The normalized spacial score (nSPS) is 8.38. The molecule has 3 heteroatoms. The van der Waals surface area contributed by atoms with Crippen LogP contribution in [0.3, 0.4) is 0 Å². The van der Waals surface area contributed by atoms with E-state index in [9.17, 15) is 0 Å². The Morgan fingerprint density at radius 1 is 1.08 bits per heavy atom. The lowest BCUT2D eigenvalue weighted by Gasteiger charge is -2.04. The van der Waals surface area contributed by atoms with Crippen LogP contribution in [0.4, 0.5) is 0 Å². The molecule has 0 radical (unpaired) electrons. The lowest BCUT2D eigenvalue weighted by molar-refractivity contribution is 0.403. The van der Waals surface area contributed by atoms with Crippen molar-refractivity contribution in [2.45, 2.75) is 13.8 Å². The highest BCUT2D eigenvalue weighted by Crippen LogP contribution is 2.27. The predicted molar refractivity (Wildman–Crippen MR) is 55.9 cm³/mol. The summed E-state index contributed by atoms with van der Waals surface area (Å²) in [5.41, 5.74) is 0. The third-order valence-corrected chi connectivity index (χ3v) is 1.65. The fourth-order valence-corrected chi connectivity index (χ4v) is 1.02. The number of benzene rings is 1. The second-order valence-corrected chi connectivity index (χ2v) is 2.41. The molecular formula is C10H15ClO2. The first-order chi connectivity index (χ1) is 6.27. The van der Waals surface area contributed by atoms with Gasteiger partial charge in [0.05, 0.1) is 19.2 Å². The van der Waals surface area contributed by atoms with Gasteiger partial charge in [0.15, 0.2) is 0 Å². The molecule has 0 unspecified atom stereocenters. The van der Waals surface area contributed by atoms with Crippen molar-refractivity contribution in [3.05, 3.63) is 23.2 Å². The Balaban J connectivity index is 0.000000671. The summed E-state index contributed by atoms with van der Waals surface area (Å²) in [4.78, 5) is 0. The molecule has 0 bridgehead atoms. The van der Waals surface area contributed by atoms with E-state index in [0.717, 1.165) is 5.75 Å². The molecule has 0 heterocycles. The van der Waals surface area contributed by atoms with Gasteiger partial charge in [0, 0.05) is 6.07 Å². The monoisotopic (exact) mass is 202 g/mol. The summed E-state index contributed by atoms with van der Waals surface area (Å²) >= 11 is 5.80. The molecule has 1 rings (SSSR count). The van der Waals surface area contributed by atoms with Crippen molar-refractivity contribution in [2.24, 2.45) is 0 Å². The zero-order valence-corrected chi connectivity index (χ0v) is 9.18. The maximum absolute atomic E-state index is 5.80. The van der Waals surface area contributed by atoms with Crippen molar-refractivity contribution in [3.8, 4) is 11.5 Å². The maximum atomic E-state index is 5.80. The first kappa shape index (κ1) is 12.1. The van der Waals surface area contributed by atoms with E-state index in [1.165, 1.54) is 0 Å². The van der Waals surface area contributed by atoms with Crippen LogP contribution in [0.15, 0.2) is 18.2 Å². The summed E-state index contributed by atoms with van der Waals surface area (Å²) < 4.78 is 9.91. The molecule has 0 aromatic heterocycles. The van der Waals surface area contributed by atoms with Gasteiger partial charge in [-0.2, -0.15) is 0 Å². The van der Waals surface area contributed by atoms with Crippen molar-refractivity contribution in [3.63, 3.8) is 0 Å². The molecule has 0 saturated carbocycles. The van der Waals surface area contributed by atoms with Gasteiger partial charge in [0.1, 0.15) is 11.5 Å². The molecule has 0 aliphatic carbocycles. The molecule has 0 amide bonds. The van der Waals surface area contributed by atoms with E-state index in [2.05, 4.69) is 0 Å². The van der Waals surface area contributed by atoms with Crippen LogP contribution in [0.1, 0.15) is 13.8 Å². The van der Waals surface area contributed by atoms with Gasteiger partial charge in [0.2, 0.25) is 0 Å². The van der Waals surface area contributed by atoms with Gasteiger partial charge in [-0.1, -0.05) is 25.4 Å². The van der Waals surface area contributed by atoms with E-state index in [1.807, 2.05) is 13.8 Å². The van der Waals surface area contributed by atoms with Crippen molar-refractivity contribution < 1.29 is 9.47 Å². The minimum atomic E-state index is 0.562. The van der Waals surface area contributed by atoms with Crippen LogP contribution < -0.4 is 9.47 Å². The first-order valence-corrected chi connectivity index (χ1v) is 4.53. The van der Waals surface area contributed by atoms with E-state index in [0.29, 0.717) is 10.8 Å². The second kappa shape index (κ2) is 6.61. The minimum Gasteiger partial charge on any atom is -0.497 e. The smallest absolute Gasteiger partial charge is 0.137 e. The number of ether oxygens (including phenoxy) is 2. The van der Waals surface area contributed by atoms with E-state index >= 15 is 0 Å². The summed E-state index contributed by atoms with van der Waals surface area (Å²) in [5, 5.41) is 0.562. The Morgan fingerprint density at radius 3 is 2.08 bits per heavy atom. The molecule has 0 atom stereocenters. The Bertz CT molecular complexity index is 249. The van der Waals surface area contributed by atoms with Crippen LogP contribution in [0, 0.1) is 0 Å². The Labute approximate surface area is 84.4 Å². The van der Waals surface area contributed by atoms with E-state index in [4.69, 9.17) is 21.1 Å². The minimum absolute atomic E-state index is 0.562. The highest BCUT2D eigenvalue weighted by molar-refractivity contribution is 6.32. The summed E-state index contributed by atoms with van der Waals surface area (Å²) in [6.07, 6.45) is 0. The van der Waals surface area contributed by atoms with Crippen LogP contribution in [0.25, 0.3) is 0 Å². The molecule has 2 nitrogen and oxygen atoms in total. The van der Waals surface area contributed by atoms with Crippen molar-refractivity contribution >= 4 is 11.6 Å². The number of halogens is 1. The van der Waals surface area contributed by atoms with Crippen LogP contribution in [0.5, 0.6) is 11.5 Å². The molecule has 1 aromatic carbocycles. The summed E-state index contributed by atoms with van der Waals surface area (Å²) in [7, 11) is 3.17. The van der Waals surface area contributed by atoms with Crippen LogP contribution in [-0.4, -0.2) is 14.2 Å². The van der Waals surface area contributed by atoms with Gasteiger partial charge >= 0.3 is 0 Å². The molecule has 0 spiro atoms. The average molecular weight is 203 g/mol. The summed E-state index contributed by atoms with van der Waals surface area (Å²) in [6, 6.07) is 5.27. The summed E-state index contributed by atoms with van der Waals surface area (Å²) in [6.45, 7) is 4.00. The molecule has 0 N–H and O–H groups in total. The first-order valence-electron chi connectivity index (χ1n) is 4.15. The Hall–Kier alpha value is -0.890. The number of hydrogen-bond donors (Lipinski definition) is 0. The van der Waals surface area contributed by atoms with Crippen LogP contribution >= 0.6 is 11.6 Å². The Kier molecular flexibility index (Phi) is 6.15. The van der Waals surface area contributed by atoms with Crippen LogP contribution in [0.2, 0.25) is 5.02 Å². The van der Waals surface area contributed by atoms with Gasteiger partial charge < -0.3 is 9.47 Å². The van der Waals surface area contributed by atoms with Gasteiger partial charge in [-0.3, -0.25) is 0 Å². The molecule has 13 heavy (non-hydrogen) atoms. The second-order valence-electron chi connectivity index (χ2n) is 2.00. The van der Waals surface area contributed by atoms with E-state index in [1.54, 1.807) is 32.4 Å². The van der Waals surface area contributed by atoms with E-state index < -0.39 is 0 Å². The average Bonchev–Trinajstić information content (AvgIpc) is 2.20. The lowest BCUT2D eigenvalue weighted by Crippen LogP contribution is -1.86. The fourth-order valence-electron chi connectivity index (χ4n) is 0.774. The third kappa shape index (κ3) is 3.55. The number of rotatable bonds is 2. The van der Waals surface area contributed by atoms with Gasteiger partial charge in [-0.15, -0.1) is 0 Å². The van der Waals surface area contributed by atoms with Crippen LogP contribution in [-0.2, 0) is 0 Å². The topological polar surface area (TPSA) is 18.5 Å². The summed E-state index contributed by atoms with van der Waals surface area (Å²) in [5.74, 6) is 1.39. The molecule has 0 fully saturated rings. The van der Waals surface area contributed by atoms with Gasteiger partial charge in [0.25, 0.3) is 0 Å². The zero-order valence-electron chi connectivity index (χ0n) is 8.43. The molecule has 0 aliphatic rings. The predicted octanol–water partition coefficient (Wildman–Crippen LogP) is 3.38. The van der Waals surface area contributed by atoms with Crippen molar-refractivity contribution in [1.82, 2.24) is 0 Å². The Morgan fingerprint density at radius 2 is 1.69 bits per heavy atom. The quantitative estimate of drug-likeness (QED) is 0.732. The highest BCUT2D eigenvalue weighted by atomic mass is 35.5. The van der Waals surface area contributed by atoms with Crippen molar-refractivity contribution in [1.29, 1.82) is 0 Å². The van der Waals surface area contributed by atoms with E-state index in [-0.39, 0.29) is 0 Å². The highest BCUT2D eigenvalue weighted by Gasteiger charge is 2.00. The third-order valence-electron chi connectivity index (χ3n) is 1.36. The van der Waals surface area contributed by atoms with Crippen molar-refractivity contribution in [2.75, 3.05) is 14.2 Å². The molecule has 1 aromatic rings. The maximum Gasteiger partial charge on any atom is 0.137 e. The SMILES string of the molecule is CC.COc1ccc(OC)c(Cl)c1. The number of hydrogen-bond acceptors (Lipinski definition) is 2. The molecule has 0 aliphatic heterocycles. The zero-order chi connectivity index (χ0) is 10.3. The standard InChI is InChI=1S/C8H9ClO2.C2H6/c1-10-6-3-4-8(11-2)7(9)5-6;1-2/h3-5H,1-2H3;1-2H3. The largest absolute Gasteiger partial charge is 0.497 e. The molecule has 0 saturated heterocycles. The lowest BCUT2D eigenvalue weighted by atomic mass is 10.3. The fraction of sp³-hybridized carbons (Fsp3) is 0.400. The van der Waals surface area contributed by atoms with Gasteiger partial charge in [-0.25, -0.2) is 0 Å². The molecular weight excluding hydrogens is 188 g/mol. The molecule has 74 valence electrons.